The SMILES string of the molecule is CCCC/C=C/NC(=O)/C=C/c1ccccc1. The number of nitrogens with one attached hydrogen (secondary N) is 1. The fourth-order valence-corrected chi connectivity index (χ4v) is 1.33. The van der Waals surface area contributed by atoms with Crippen molar-refractivity contribution in [1.82, 2.24) is 5.32 Å². The van der Waals surface area contributed by atoms with E-state index >= 15 is 0 Å². The number of allylic oxidation sites excluding steroid dienone is 1. The molecule has 0 aromatic heterocycles. The smallest absolute Gasteiger partial charge is 0.247 e. The van der Waals surface area contributed by atoms with E-state index in [4.69, 9.17) is 0 Å². The van der Waals surface area contributed by atoms with E-state index in [0.717, 1.165) is 18.4 Å². The van der Waals surface area contributed by atoms with Crippen molar-refractivity contribution >= 4 is 12.0 Å². The third kappa shape index (κ3) is 6.36. The minimum Gasteiger partial charge on any atom is -0.329 e. The molecule has 0 radical (unpaired) electrons. The fraction of sp³-hybridized carbons (Fsp3) is 0.267. The second kappa shape index (κ2) is 8.34. The van der Waals surface area contributed by atoms with E-state index < -0.39 is 0 Å². The molecule has 0 bridgehead atoms. The number of hydrogen-bond acceptors (Lipinski definition) is 1. The van der Waals surface area contributed by atoms with E-state index in [1.165, 1.54) is 6.42 Å². The summed E-state index contributed by atoms with van der Waals surface area (Å²) in [6.07, 6.45) is 10.4. The monoisotopic (exact) mass is 229 g/mol. The molecule has 2 nitrogen and oxygen atoms in total. The molecule has 17 heavy (non-hydrogen) atoms. The Balaban J connectivity index is 2.30. The van der Waals surface area contributed by atoms with E-state index in [2.05, 4.69) is 12.2 Å². The van der Waals surface area contributed by atoms with Crippen molar-refractivity contribution in [1.29, 1.82) is 0 Å². The quantitative estimate of drug-likeness (QED) is 0.587. The van der Waals surface area contributed by atoms with Gasteiger partial charge in [0.2, 0.25) is 5.91 Å². The molecule has 1 rings (SSSR count). The minimum absolute atomic E-state index is 0.0957. The first kappa shape index (κ1) is 13.2. The van der Waals surface area contributed by atoms with Gasteiger partial charge in [0.25, 0.3) is 0 Å². The van der Waals surface area contributed by atoms with Crippen LogP contribution in [0.25, 0.3) is 6.08 Å². The van der Waals surface area contributed by atoms with Crippen LogP contribution < -0.4 is 5.32 Å². The minimum atomic E-state index is -0.0957. The van der Waals surface area contributed by atoms with Crippen LogP contribution in [0.15, 0.2) is 48.7 Å². The van der Waals surface area contributed by atoms with Gasteiger partial charge in [0, 0.05) is 12.3 Å². The molecule has 0 unspecified atom stereocenters. The Morgan fingerprint density at radius 2 is 2.06 bits per heavy atom. The molecule has 0 saturated heterocycles. The summed E-state index contributed by atoms with van der Waals surface area (Å²) in [4.78, 5) is 11.4. The Kier molecular flexibility index (Phi) is 6.49. The zero-order valence-electron chi connectivity index (χ0n) is 10.2. The molecule has 90 valence electrons. The number of carbonyl (C=O) groups is 1. The zero-order valence-corrected chi connectivity index (χ0v) is 10.2. The summed E-state index contributed by atoms with van der Waals surface area (Å²) < 4.78 is 0. The van der Waals surface area contributed by atoms with Gasteiger partial charge in [0.05, 0.1) is 0 Å². The first-order valence-electron chi connectivity index (χ1n) is 6.01. The van der Waals surface area contributed by atoms with Gasteiger partial charge in [-0.15, -0.1) is 0 Å². The summed E-state index contributed by atoms with van der Waals surface area (Å²) in [5, 5.41) is 2.71. The van der Waals surface area contributed by atoms with Gasteiger partial charge in [-0.1, -0.05) is 56.2 Å². The Labute approximate surface area is 103 Å². The molecule has 0 atom stereocenters. The van der Waals surface area contributed by atoms with Crippen molar-refractivity contribution in [3.63, 3.8) is 0 Å². The van der Waals surface area contributed by atoms with Gasteiger partial charge < -0.3 is 5.32 Å². The molecule has 0 aliphatic rings. The average Bonchev–Trinajstić information content (AvgIpc) is 2.37. The molecule has 1 amide bonds. The second-order valence-corrected chi connectivity index (χ2v) is 3.80. The molecular weight excluding hydrogens is 210 g/mol. The van der Waals surface area contributed by atoms with Crippen LogP contribution in [0.2, 0.25) is 0 Å². The number of hydrogen-bond donors (Lipinski definition) is 1. The molecule has 1 N–H and O–H groups in total. The van der Waals surface area contributed by atoms with E-state index in [1.54, 1.807) is 18.4 Å². The maximum absolute atomic E-state index is 11.4. The molecule has 0 heterocycles. The van der Waals surface area contributed by atoms with Crippen LogP contribution >= 0.6 is 0 Å². The van der Waals surface area contributed by atoms with Gasteiger partial charge in [-0.25, -0.2) is 0 Å². The van der Waals surface area contributed by atoms with E-state index in [1.807, 2.05) is 36.4 Å². The number of carbonyl (C=O) groups excluding carboxylic acids is 1. The van der Waals surface area contributed by atoms with E-state index in [0.29, 0.717) is 0 Å². The van der Waals surface area contributed by atoms with Crippen LogP contribution in [0.4, 0.5) is 0 Å². The second-order valence-electron chi connectivity index (χ2n) is 3.80. The van der Waals surface area contributed by atoms with Gasteiger partial charge in [0.15, 0.2) is 0 Å². The lowest BCUT2D eigenvalue weighted by Crippen LogP contribution is -2.13. The molecule has 2 heteroatoms. The lowest BCUT2D eigenvalue weighted by Gasteiger charge is -1.94. The fourth-order valence-electron chi connectivity index (χ4n) is 1.33. The van der Waals surface area contributed by atoms with Gasteiger partial charge in [-0.3, -0.25) is 4.79 Å². The van der Waals surface area contributed by atoms with Crippen molar-refractivity contribution in [3.8, 4) is 0 Å². The maximum atomic E-state index is 11.4. The summed E-state index contributed by atoms with van der Waals surface area (Å²) in [5.41, 5.74) is 1.03. The zero-order chi connectivity index (χ0) is 12.3. The molecular formula is C15H19NO. The predicted molar refractivity (Wildman–Crippen MR) is 72.3 cm³/mol. The van der Waals surface area contributed by atoms with E-state index in [-0.39, 0.29) is 5.91 Å². The molecule has 0 aliphatic carbocycles. The molecule has 0 spiro atoms. The van der Waals surface area contributed by atoms with Crippen LogP contribution in [0.5, 0.6) is 0 Å². The summed E-state index contributed by atoms with van der Waals surface area (Å²) in [5.74, 6) is -0.0957. The van der Waals surface area contributed by atoms with Crippen molar-refractivity contribution in [2.45, 2.75) is 26.2 Å². The number of benzene rings is 1. The molecule has 0 aliphatic heterocycles. The van der Waals surface area contributed by atoms with Crippen LogP contribution in [0.3, 0.4) is 0 Å². The average molecular weight is 229 g/mol. The van der Waals surface area contributed by atoms with Crippen molar-refractivity contribution in [3.05, 3.63) is 54.2 Å². The lowest BCUT2D eigenvalue weighted by atomic mass is 10.2. The topological polar surface area (TPSA) is 29.1 Å². The van der Waals surface area contributed by atoms with Crippen LogP contribution in [-0.2, 0) is 4.79 Å². The van der Waals surface area contributed by atoms with Gasteiger partial charge >= 0.3 is 0 Å². The number of unbranched alkanes of at least 4 members (excludes halogenated alkanes) is 2. The Morgan fingerprint density at radius 1 is 1.29 bits per heavy atom. The molecule has 0 fully saturated rings. The molecule has 0 saturated carbocycles. The maximum Gasteiger partial charge on any atom is 0.247 e. The van der Waals surface area contributed by atoms with Crippen molar-refractivity contribution in [2.75, 3.05) is 0 Å². The van der Waals surface area contributed by atoms with Crippen LogP contribution in [0.1, 0.15) is 31.7 Å². The third-order valence-corrected chi connectivity index (χ3v) is 2.29. The highest BCUT2D eigenvalue weighted by atomic mass is 16.1. The largest absolute Gasteiger partial charge is 0.329 e. The van der Waals surface area contributed by atoms with Crippen molar-refractivity contribution in [2.24, 2.45) is 0 Å². The highest BCUT2D eigenvalue weighted by Gasteiger charge is 1.90. The summed E-state index contributed by atoms with van der Waals surface area (Å²) in [7, 11) is 0. The number of amides is 1. The van der Waals surface area contributed by atoms with Crippen molar-refractivity contribution < 1.29 is 4.79 Å². The summed E-state index contributed by atoms with van der Waals surface area (Å²) in [6.45, 7) is 2.15. The van der Waals surface area contributed by atoms with Gasteiger partial charge in [-0.2, -0.15) is 0 Å². The molecule has 1 aromatic rings. The number of rotatable bonds is 6. The normalized spacial score (nSPS) is 11.1. The van der Waals surface area contributed by atoms with E-state index in [9.17, 15) is 4.79 Å². The standard InChI is InChI=1S/C15H19NO/c1-2-3-4-8-13-16-15(17)12-11-14-9-6-5-7-10-14/h5-13H,2-4H2,1H3,(H,16,17)/b12-11+,13-8+. The first-order chi connectivity index (χ1) is 8.33. The summed E-state index contributed by atoms with van der Waals surface area (Å²) >= 11 is 0. The lowest BCUT2D eigenvalue weighted by molar-refractivity contribution is -0.115. The molecule has 1 aromatic carbocycles. The Morgan fingerprint density at radius 3 is 2.76 bits per heavy atom. The predicted octanol–water partition coefficient (Wildman–Crippen LogP) is 3.52. The third-order valence-electron chi connectivity index (χ3n) is 2.29. The summed E-state index contributed by atoms with van der Waals surface area (Å²) in [6, 6.07) is 9.76. The Bertz CT molecular complexity index is 379. The van der Waals surface area contributed by atoms with Crippen LogP contribution in [-0.4, -0.2) is 5.91 Å². The Hall–Kier alpha value is -1.83. The van der Waals surface area contributed by atoms with Crippen LogP contribution in [0, 0.1) is 0 Å². The highest BCUT2D eigenvalue weighted by Crippen LogP contribution is 2.00. The van der Waals surface area contributed by atoms with Gasteiger partial charge in [0.1, 0.15) is 0 Å². The highest BCUT2D eigenvalue weighted by molar-refractivity contribution is 5.92. The first-order valence-corrected chi connectivity index (χ1v) is 6.01. The van der Waals surface area contributed by atoms with Gasteiger partial charge in [-0.05, 0) is 18.1 Å².